The molecule has 2 nitrogen and oxygen atoms in total. The molecule has 3 aromatic rings. The van der Waals surface area contributed by atoms with Crippen molar-refractivity contribution < 1.29 is 0 Å². The Kier molecular flexibility index (Phi) is 4.68. The molecule has 2 aromatic heterocycles. The van der Waals surface area contributed by atoms with Crippen molar-refractivity contribution in [1.29, 1.82) is 0 Å². The highest BCUT2D eigenvalue weighted by molar-refractivity contribution is 9.10. The van der Waals surface area contributed by atoms with Gasteiger partial charge in [-0.1, -0.05) is 24.3 Å². The monoisotopic (exact) mass is 360 g/mol. The minimum atomic E-state index is 0.256. The number of halogens is 1. The first-order chi connectivity index (χ1) is 10.3. The van der Waals surface area contributed by atoms with Gasteiger partial charge in [0.2, 0.25) is 0 Å². The van der Waals surface area contributed by atoms with Crippen LogP contribution < -0.4 is 5.32 Å². The first-order valence-electron chi connectivity index (χ1n) is 7.03. The molecule has 4 heteroatoms. The predicted molar refractivity (Wildman–Crippen MR) is 93.9 cm³/mol. The highest BCUT2D eigenvalue weighted by Crippen LogP contribution is 2.28. The molecule has 0 bridgehead atoms. The number of para-hydroxylation sites is 1. The lowest BCUT2D eigenvalue weighted by Gasteiger charge is -2.17. The largest absolute Gasteiger partial charge is 0.312 e. The molecule has 0 aliphatic heterocycles. The predicted octanol–water partition coefficient (Wildman–Crippen LogP) is 4.95. The second kappa shape index (κ2) is 6.69. The van der Waals surface area contributed by atoms with Crippen LogP contribution in [0, 0.1) is 0 Å². The van der Waals surface area contributed by atoms with Gasteiger partial charge in [-0.05, 0) is 59.4 Å². The SMILES string of the molecule is CNC(CCc1cccs1)c1nc2ccccc2cc1Br. The second-order valence-electron chi connectivity index (χ2n) is 5.01. The maximum Gasteiger partial charge on any atom is 0.0722 e. The van der Waals surface area contributed by atoms with E-state index in [1.807, 2.05) is 30.5 Å². The summed E-state index contributed by atoms with van der Waals surface area (Å²) in [5.41, 5.74) is 2.14. The van der Waals surface area contributed by atoms with Crippen molar-refractivity contribution in [2.45, 2.75) is 18.9 Å². The lowest BCUT2D eigenvalue weighted by molar-refractivity contribution is 0.537. The number of aromatic nitrogens is 1. The standard InChI is InChI=1S/C17H17BrN2S/c1-19-16(9-8-13-6-4-10-21-13)17-14(18)11-12-5-2-3-7-15(12)20-17/h2-7,10-11,16,19H,8-9H2,1H3. The Morgan fingerprint density at radius 3 is 2.86 bits per heavy atom. The number of nitrogens with zero attached hydrogens (tertiary/aromatic N) is 1. The average molecular weight is 361 g/mol. The molecule has 108 valence electrons. The van der Waals surface area contributed by atoms with E-state index < -0.39 is 0 Å². The molecule has 1 aromatic carbocycles. The molecule has 0 radical (unpaired) electrons. The normalized spacial score (nSPS) is 12.7. The van der Waals surface area contributed by atoms with Crippen LogP contribution in [0.4, 0.5) is 0 Å². The minimum absolute atomic E-state index is 0.256. The van der Waals surface area contributed by atoms with Gasteiger partial charge in [0, 0.05) is 14.7 Å². The summed E-state index contributed by atoms with van der Waals surface area (Å²) in [5.74, 6) is 0. The summed E-state index contributed by atoms with van der Waals surface area (Å²) in [6.45, 7) is 0. The number of fused-ring (bicyclic) bond motifs is 1. The van der Waals surface area contributed by atoms with Crippen molar-refractivity contribution in [2.24, 2.45) is 0 Å². The van der Waals surface area contributed by atoms with Gasteiger partial charge in [0.05, 0.1) is 17.3 Å². The summed E-state index contributed by atoms with van der Waals surface area (Å²) in [7, 11) is 2.00. The van der Waals surface area contributed by atoms with Crippen LogP contribution in [-0.2, 0) is 6.42 Å². The van der Waals surface area contributed by atoms with E-state index in [4.69, 9.17) is 4.98 Å². The number of rotatable bonds is 5. The summed E-state index contributed by atoms with van der Waals surface area (Å²) >= 11 is 5.50. The molecule has 1 atom stereocenters. The molecule has 0 fully saturated rings. The number of hydrogen-bond donors (Lipinski definition) is 1. The zero-order valence-corrected chi connectivity index (χ0v) is 14.2. The maximum absolute atomic E-state index is 4.84. The van der Waals surface area contributed by atoms with Gasteiger partial charge >= 0.3 is 0 Å². The van der Waals surface area contributed by atoms with Gasteiger partial charge in [0.1, 0.15) is 0 Å². The summed E-state index contributed by atoms with van der Waals surface area (Å²) in [4.78, 5) is 6.26. The first kappa shape index (κ1) is 14.7. The molecule has 3 rings (SSSR count). The van der Waals surface area contributed by atoms with E-state index in [9.17, 15) is 0 Å². The van der Waals surface area contributed by atoms with Crippen LogP contribution in [0.1, 0.15) is 23.0 Å². The van der Waals surface area contributed by atoms with Crippen molar-refractivity contribution in [2.75, 3.05) is 7.05 Å². The average Bonchev–Trinajstić information content (AvgIpc) is 3.01. The molecule has 0 aliphatic carbocycles. The number of aryl methyl sites for hydroxylation is 1. The smallest absolute Gasteiger partial charge is 0.0722 e. The van der Waals surface area contributed by atoms with Gasteiger partial charge in [-0.25, -0.2) is 4.98 Å². The molecule has 0 saturated heterocycles. The van der Waals surface area contributed by atoms with E-state index in [2.05, 4.69) is 57.0 Å². The van der Waals surface area contributed by atoms with Gasteiger partial charge < -0.3 is 5.32 Å². The van der Waals surface area contributed by atoms with Gasteiger partial charge in [-0.2, -0.15) is 0 Å². The molecule has 0 amide bonds. The van der Waals surface area contributed by atoms with Crippen LogP contribution >= 0.6 is 27.3 Å². The number of nitrogens with one attached hydrogen (secondary N) is 1. The van der Waals surface area contributed by atoms with Crippen LogP contribution in [0.3, 0.4) is 0 Å². The molecular formula is C17H17BrN2S. The van der Waals surface area contributed by atoms with Gasteiger partial charge in [-0.3, -0.25) is 0 Å². The molecule has 0 saturated carbocycles. The summed E-state index contributed by atoms with van der Waals surface area (Å²) in [6, 6.07) is 15.0. The topological polar surface area (TPSA) is 24.9 Å². The Morgan fingerprint density at radius 1 is 1.24 bits per heavy atom. The van der Waals surface area contributed by atoms with Crippen molar-refractivity contribution in [3.05, 3.63) is 62.9 Å². The molecule has 1 N–H and O–H groups in total. The number of benzene rings is 1. The van der Waals surface area contributed by atoms with Crippen molar-refractivity contribution in [3.8, 4) is 0 Å². The third-order valence-corrected chi connectivity index (χ3v) is 5.21. The van der Waals surface area contributed by atoms with Crippen molar-refractivity contribution >= 4 is 38.2 Å². The first-order valence-corrected chi connectivity index (χ1v) is 8.70. The molecule has 2 heterocycles. The van der Waals surface area contributed by atoms with E-state index in [-0.39, 0.29) is 6.04 Å². The summed E-state index contributed by atoms with van der Waals surface area (Å²) in [6.07, 6.45) is 2.12. The van der Waals surface area contributed by atoms with Crippen LogP contribution in [0.25, 0.3) is 10.9 Å². The fourth-order valence-corrected chi connectivity index (χ4v) is 3.84. The van der Waals surface area contributed by atoms with E-state index in [0.717, 1.165) is 28.5 Å². The molecular weight excluding hydrogens is 344 g/mol. The zero-order chi connectivity index (χ0) is 14.7. The number of thiophene rings is 1. The lowest BCUT2D eigenvalue weighted by Crippen LogP contribution is -2.19. The Balaban J connectivity index is 1.87. The lowest BCUT2D eigenvalue weighted by atomic mass is 10.1. The van der Waals surface area contributed by atoms with E-state index in [0.29, 0.717) is 0 Å². The van der Waals surface area contributed by atoms with Gasteiger partial charge in [-0.15, -0.1) is 11.3 Å². The Morgan fingerprint density at radius 2 is 2.10 bits per heavy atom. The zero-order valence-electron chi connectivity index (χ0n) is 11.8. The van der Waals surface area contributed by atoms with Gasteiger partial charge in [0.25, 0.3) is 0 Å². The van der Waals surface area contributed by atoms with E-state index in [1.54, 1.807) is 0 Å². The van der Waals surface area contributed by atoms with Crippen molar-refractivity contribution in [3.63, 3.8) is 0 Å². The molecule has 0 spiro atoms. The van der Waals surface area contributed by atoms with E-state index >= 15 is 0 Å². The highest BCUT2D eigenvalue weighted by Gasteiger charge is 2.15. The highest BCUT2D eigenvalue weighted by atomic mass is 79.9. The number of hydrogen-bond acceptors (Lipinski definition) is 3. The Bertz CT molecular complexity index is 725. The fraction of sp³-hybridized carbons (Fsp3) is 0.235. The third kappa shape index (κ3) is 3.34. The molecule has 21 heavy (non-hydrogen) atoms. The van der Waals surface area contributed by atoms with Crippen molar-refractivity contribution in [1.82, 2.24) is 10.3 Å². The van der Waals surface area contributed by atoms with Crippen LogP contribution in [-0.4, -0.2) is 12.0 Å². The third-order valence-electron chi connectivity index (χ3n) is 3.64. The molecule has 0 aliphatic rings. The van der Waals surface area contributed by atoms with Gasteiger partial charge in [0.15, 0.2) is 0 Å². The van der Waals surface area contributed by atoms with Crippen LogP contribution in [0.5, 0.6) is 0 Å². The quantitative estimate of drug-likeness (QED) is 0.695. The maximum atomic E-state index is 4.84. The fourth-order valence-electron chi connectivity index (χ4n) is 2.51. The van der Waals surface area contributed by atoms with Crippen LogP contribution in [0.15, 0.2) is 52.3 Å². The Hall–Kier alpha value is -1.23. The van der Waals surface area contributed by atoms with Crippen LogP contribution in [0.2, 0.25) is 0 Å². The molecule has 1 unspecified atom stereocenters. The second-order valence-corrected chi connectivity index (χ2v) is 6.89. The minimum Gasteiger partial charge on any atom is -0.312 e. The summed E-state index contributed by atoms with van der Waals surface area (Å²) < 4.78 is 1.08. The Labute approximate surface area is 137 Å². The van der Waals surface area contributed by atoms with E-state index in [1.165, 1.54) is 10.3 Å². The summed E-state index contributed by atoms with van der Waals surface area (Å²) in [5, 5.41) is 6.70. The number of pyridine rings is 1.